The van der Waals surface area contributed by atoms with Crippen LogP contribution in [0.25, 0.3) is 0 Å². The largest absolute Gasteiger partial charge is 0.478 e. The first-order valence-electron chi connectivity index (χ1n) is 5.53. The van der Waals surface area contributed by atoms with Gasteiger partial charge in [0.15, 0.2) is 0 Å². The standard InChI is InChI=1S/C12H10ClN3O4/c13-9-2-1-7(11(17)18)5-10(9)15-12(19)14-6-8-3-4-20-16-8/h1-5H,6H2,(H,17,18)(H2,14,15,19). The highest BCUT2D eigenvalue weighted by Crippen LogP contribution is 2.23. The zero-order valence-electron chi connectivity index (χ0n) is 10.1. The Balaban J connectivity index is 2.00. The third-order valence-electron chi connectivity index (χ3n) is 2.38. The molecule has 0 saturated heterocycles. The molecule has 2 rings (SSSR count). The number of nitrogens with one attached hydrogen (secondary N) is 2. The van der Waals surface area contributed by atoms with Gasteiger partial charge in [0.05, 0.1) is 22.8 Å². The highest BCUT2D eigenvalue weighted by atomic mass is 35.5. The maximum atomic E-state index is 11.7. The number of hydrogen-bond acceptors (Lipinski definition) is 4. The minimum atomic E-state index is -1.10. The second-order valence-corrected chi connectivity index (χ2v) is 4.21. The normalized spacial score (nSPS) is 10.1. The van der Waals surface area contributed by atoms with Crippen molar-refractivity contribution in [3.05, 3.63) is 46.8 Å². The minimum Gasteiger partial charge on any atom is -0.478 e. The van der Waals surface area contributed by atoms with Crippen LogP contribution >= 0.6 is 11.6 Å². The molecule has 7 nitrogen and oxygen atoms in total. The van der Waals surface area contributed by atoms with Crippen LogP contribution < -0.4 is 10.6 Å². The van der Waals surface area contributed by atoms with Crippen LogP contribution in [-0.2, 0) is 6.54 Å². The summed E-state index contributed by atoms with van der Waals surface area (Å²) in [7, 11) is 0. The fourth-order valence-corrected chi connectivity index (χ4v) is 1.58. The number of urea groups is 1. The van der Waals surface area contributed by atoms with E-state index in [1.807, 2.05) is 0 Å². The summed E-state index contributed by atoms with van der Waals surface area (Å²) in [6.45, 7) is 0.179. The maximum Gasteiger partial charge on any atom is 0.335 e. The number of aromatic carboxylic acids is 1. The Kier molecular flexibility index (Phi) is 4.21. The lowest BCUT2D eigenvalue weighted by atomic mass is 10.2. The number of carboxylic acid groups (broad SMARTS) is 1. The molecule has 3 N–H and O–H groups in total. The van der Waals surface area contributed by atoms with E-state index in [0.717, 1.165) is 0 Å². The highest BCUT2D eigenvalue weighted by Gasteiger charge is 2.10. The number of benzene rings is 1. The number of anilines is 1. The molecule has 2 aromatic rings. The molecule has 2 amide bonds. The Bertz CT molecular complexity index is 628. The number of amides is 2. The maximum absolute atomic E-state index is 11.7. The van der Waals surface area contributed by atoms with Crippen LogP contribution in [0.4, 0.5) is 10.5 Å². The first-order valence-corrected chi connectivity index (χ1v) is 5.91. The minimum absolute atomic E-state index is 0.0289. The molecule has 20 heavy (non-hydrogen) atoms. The molecule has 0 unspecified atom stereocenters. The molecule has 0 spiro atoms. The summed E-state index contributed by atoms with van der Waals surface area (Å²) < 4.78 is 4.62. The molecule has 0 aliphatic rings. The van der Waals surface area contributed by atoms with Gasteiger partial charge in [0.1, 0.15) is 12.0 Å². The Morgan fingerprint density at radius 3 is 2.80 bits per heavy atom. The van der Waals surface area contributed by atoms with Crippen LogP contribution in [-0.4, -0.2) is 22.3 Å². The van der Waals surface area contributed by atoms with Gasteiger partial charge in [0, 0.05) is 6.07 Å². The molecule has 0 radical (unpaired) electrons. The van der Waals surface area contributed by atoms with E-state index in [0.29, 0.717) is 5.69 Å². The topological polar surface area (TPSA) is 104 Å². The number of aromatic nitrogens is 1. The molecule has 1 aromatic carbocycles. The fourth-order valence-electron chi connectivity index (χ4n) is 1.42. The van der Waals surface area contributed by atoms with E-state index in [1.54, 1.807) is 6.07 Å². The van der Waals surface area contributed by atoms with Gasteiger partial charge in [-0.1, -0.05) is 16.8 Å². The van der Waals surface area contributed by atoms with Gasteiger partial charge in [-0.2, -0.15) is 0 Å². The van der Waals surface area contributed by atoms with Gasteiger partial charge in [-0.25, -0.2) is 9.59 Å². The second kappa shape index (κ2) is 6.07. The predicted molar refractivity (Wildman–Crippen MR) is 70.8 cm³/mol. The lowest BCUT2D eigenvalue weighted by Gasteiger charge is -2.08. The van der Waals surface area contributed by atoms with E-state index in [-0.39, 0.29) is 22.8 Å². The van der Waals surface area contributed by atoms with Crippen LogP contribution in [0.5, 0.6) is 0 Å². The van der Waals surface area contributed by atoms with Crippen molar-refractivity contribution in [2.75, 3.05) is 5.32 Å². The molecule has 104 valence electrons. The smallest absolute Gasteiger partial charge is 0.335 e. The first-order chi connectivity index (χ1) is 9.56. The zero-order chi connectivity index (χ0) is 14.5. The number of carbonyl (C=O) groups is 2. The van der Waals surface area contributed by atoms with Crippen molar-refractivity contribution < 1.29 is 19.2 Å². The Labute approximate surface area is 118 Å². The van der Waals surface area contributed by atoms with Crippen LogP contribution in [0, 0.1) is 0 Å². The molecule has 1 heterocycles. The highest BCUT2D eigenvalue weighted by molar-refractivity contribution is 6.33. The zero-order valence-corrected chi connectivity index (χ0v) is 10.8. The number of hydrogen-bond donors (Lipinski definition) is 3. The summed E-state index contributed by atoms with van der Waals surface area (Å²) >= 11 is 5.88. The molecule has 0 saturated carbocycles. The number of rotatable bonds is 4. The predicted octanol–water partition coefficient (Wildman–Crippen LogP) is 2.35. The molecule has 0 bridgehead atoms. The van der Waals surface area contributed by atoms with E-state index in [2.05, 4.69) is 20.3 Å². The SMILES string of the molecule is O=C(NCc1ccon1)Nc1cc(C(=O)O)ccc1Cl. The summed E-state index contributed by atoms with van der Waals surface area (Å²) in [4.78, 5) is 22.5. The van der Waals surface area contributed by atoms with Gasteiger partial charge in [-0.05, 0) is 18.2 Å². The van der Waals surface area contributed by atoms with Crippen molar-refractivity contribution >= 4 is 29.3 Å². The third-order valence-corrected chi connectivity index (χ3v) is 2.71. The third kappa shape index (κ3) is 3.48. The fraction of sp³-hybridized carbons (Fsp3) is 0.0833. The number of halogens is 1. The van der Waals surface area contributed by atoms with Gasteiger partial charge < -0.3 is 20.3 Å². The summed E-state index contributed by atoms with van der Waals surface area (Å²) in [6, 6.07) is 5.11. The van der Waals surface area contributed by atoms with Crippen molar-refractivity contribution in [2.24, 2.45) is 0 Å². The van der Waals surface area contributed by atoms with Crippen molar-refractivity contribution in [3.63, 3.8) is 0 Å². The number of carbonyl (C=O) groups excluding carboxylic acids is 1. The monoisotopic (exact) mass is 295 g/mol. The van der Waals surface area contributed by atoms with Gasteiger partial charge in [0.2, 0.25) is 0 Å². The van der Waals surface area contributed by atoms with E-state index >= 15 is 0 Å². The lowest BCUT2D eigenvalue weighted by Crippen LogP contribution is -2.28. The molecular formula is C12H10ClN3O4. The van der Waals surface area contributed by atoms with E-state index in [4.69, 9.17) is 16.7 Å². The van der Waals surface area contributed by atoms with Gasteiger partial charge in [-0.3, -0.25) is 0 Å². The van der Waals surface area contributed by atoms with Crippen LogP contribution in [0.2, 0.25) is 5.02 Å². The molecule has 0 aliphatic carbocycles. The Morgan fingerprint density at radius 2 is 2.15 bits per heavy atom. The van der Waals surface area contributed by atoms with Crippen LogP contribution in [0.3, 0.4) is 0 Å². The van der Waals surface area contributed by atoms with Crippen molar-refractivity contribution in [1.82, 2.24) is 10.5 Å². The van der Waals surface area contributed by atoms with Crippen molar-refractivity contribution in [1.29, 1.82) is 0 Å². The summed E-state index contributed by atoms with van der Waals surface area (Å²) in [6.07, 6.45) is 1.39. The molecule has 0 aliphatic heterocycles. The second-order valence-electron chi connectivity index (χ2n) is 3.80. The van der Waals surface area contributed by atoms with E-state index < -0.39 is 12.0 Å². The lowest BCUT2D eigenvalue weighted by molar-refractivity contribution is 0.0697. The average molecular weight is 296 g/mol. The van der Waals surface area contributed by atoms with Gasteiger partial charge >= 0.3 is 12.0 Å². The quantitative estimate of drug-likeness (QED) is 0.803. The molecule has 8 heteroatoms. The van der Waals surface area contributed by atoms with Gasteiger partial charge in [-0.15, -0.1) is 0 Å². The van der Waals surface area contributed by atoms with Crippen LogP contribution in [0.1, 0.15) is 16.1 Å². The summed E-state index contributed by atoms with van der Waals surface area (Å²) in [5.74, 6) is -1.10. The average Bonchev–Trinajstić information content (AvgIpc) is 2.92. The van der Waals surface area contributed by atoms with Crippen molar-refractivity contribution in [3.8, 4) is 0 Å². The molecular weight excluding hydrogens is 286 g/mol. The molecule has 0 fully saturated rings. The Hall–Kier alpha value is -2.54. The molecule has 0 atom stereocenters. The summed E-state index contributed by atoms with van der Waals surface area (Å²) in [5.41, 5.74) is 0.802. The van der Waals surface area contributed by atoms with E-state index in [9.17, 15) is 9.59 Å². The number of nitrogens with zero attached hydrogens (tertiary/aromatic N) is 1. The Morgan fingerprint density at radius 1 is 1.35 bits per heavy atom. The van der Waals surface area contributed by atoms with Crippen molar-refractivity contribution in [2.45, 2.75) is 6.54 Å². The van der Waals surface area contributed by atoms with Crippen LogP contribution in [0.15, 0.2) is 35.1 Å². The molecule has 1 aromatic heterocycles. The van der Waals surface area contributed by atoms with E-state index in [1.165, 1.54) is 24.5 Å². The summed E-state index contributed by atoms with van der Waals surface area (Å²) in [5, 5.41) is 17.7. The van der Waals surface area contributed by atoms with Gasteiger partial charge in [0.25, 0.3) is 0 Å². The number of carboxylic acids is 1. The first kappa shape index (κ1) is 13.9.